The summed E-state index contributed by atoms with van der Waals surface area (Å²) in [5.41, 5.74) is 2.11. The summed E-state index contributed by atoms with van der Waals surface area (Å²) in [6.07, 6.45) is 0. The van der Waals surface area contributed by atoms with Crippen LogP contribution in [0.25, 0.3) is 0 Å². The predicted molar refractivity (Wildman–Crippen MR) is 86.1 cm³/mol. The van der Waals surface area contributed by atoms with Gasteiger partial charge in [-0.05, 0) is 26.5 Å². The van der Waals surface area contributed by atoms with Crippen molar-refractivity contribution in [3.63, 3.8) is 0 Å². The van der Waals surface area contributed by atoms with E-state index in [0.717, 1.165) is 40.3 Å². The number of para-hydroxylation sites is 1. The molecule has 0 aliphatic heterocycles. The van der Waals surface area contributed by atoms with E-state index in [1.165, 1.54) is 0 Å². The molecular formula is C16H22N2O2S. The maximum Gasteiger partial charge on any atom is 0.256 e. The van der Waals surface area contributed by atoms with Crippen molar-refractivity contribution in [1.82, 2.24) is 10.3 Å². The lowest BCUT2D eigenvalue weighted by Gasteiger charge is -2.19. The molecule has 2 rings (SSSR count). The zero-order valence-corrected chi connectivity index (χ0v) is 13.8. The summed E-state index contributed by atoms with van der Waals surface area (Å²) in [4.78, 5) is 4.42. The number of benzene rings is 1. The first-order chi connectivity index (χ1) is 10.2. The van der Waals surface area contributed by atoms with Crippen LogP contribution in [0.4, 0.5) is 0 Å². The van der Waals surface area contributed by atoms with Gasteiger partial charge in [-0.2, -0.15) is 0 Å². The first-order valence-corrected chi connectivity index (χ1v) is 8.07. The third-order valence-electron chi connectivity index (χ3n) is 3.35. The first kappa shape index (κ1) is 15.9. The Balaban J connectivity index is 2.11. The van der Waals surface area contributed by atoms with Crippen LogP contribution in [-0.2, 0) is 0 Å². The minimum Gasteiger partial charge on any atom is -0.496 e. The zero-order valence-electron chi connectivity index (χ0n) is 13.0. The van der Waals surface area contributed by atoms with E-state index in [2.05, 4.69) is 23.3 Å². The van der Waals surface area contributed by atoms with Crippen LogP contribution in [0.15, 0.2) is 33.9 Å². The summed E-state index contributed by atoms with van der Waals surface area (Å²) < 4.78 is 11.1. The Bertz CT molecular complexity index is 564. The second-order valence-electron chi connectivity index (χ2n) is 4.78. The number of ether oxygens (including phenoxy) is 1. The molecule has 4 nitrogen and oxygen atoms in total. The van der Waals surface area contributed by atoms with Gasteiger partial charge < -0.3 is 14.5 Å². The maximum absolute atomic E-state index is 5.63. The average Bonchev–Trinajstić information content (AvgIpc) is 2.82. The molecule has 1 unspecified atom stereocenters. The Hall–Kier alpha value is -1.46. The fourth-order valence-electron chi connectivity index (χ4n) is 2.12. The minimum absolute atomic E-state index is 0.198. The second-order valence-corrected chi connectivity index (χ2v) is 5.76. The van der Waals surface area contributed by atoms with Crippen LogP contribution >= 0.6 is 11.8 Å². The molecule has 1 aromatic heterocycles. The van der Waals surface area contributed by atoms with E-state index in [4.69, 9.17) is 9.15 Å². The van der Waals surface area contributed by atoms with Gasteiger partial charge in [-0.15, -0.1) is 0 Å². The van der Waals surface area contributed by atoms with Crippen molar-refractivity contribution in [3.8, 4) is 5.75 Å². The standard InChI is InChI=1S/C16H22N2O2S/c1-5-17-14(13-8-6-7-9-15(13)19-4)10-21-16-18-11(2)12(3)20-16/h6-9,14,17H,5,10H2,1-4H3. The number of nitrogens with one attached hydrogen (secondary N) is 1. The summed E-state index contributed by atoms with van der Waals surface area (Å²) in [6, 6.07) is 8.30. The van der Waals surface area contributed by atoms with Crippen LogP contribution in [-0.4, -0.2) is 24.4 Å². The molecule has 1 aromatic carbocycles. The highest BCUT2D eigenvalue weighted by atomic mass is 32.2. The van der Waals surface area contributed by atoms with E-state index in [-0.39, 0.29) is 6.04 Å². The van der Waals surface area contributed by atoms with Gasteiger partial charge in [0.2, 0.25) is 0 Å². The number of aryl methyl sites for hydroxylation is 2. The average molecular weight is 306 g/mol. The topological polar surface area (TPSA) is 47.3 Å². The molecule has 0 saturated heterocycles. The van der Waals surface area contributed by atoms with Crippen LogP contribution in [0, 0.1) is 13.8 Å². The van der Waals surface area contributed by atoms with Crippen molar-refractivity contribution in [2.24, 2.45) is 0 Å². The van der Waals surface area contributed by atoms with Crippen LogP contribution < -0.4 is 10.1 Å². The number of hydrogen-bond donors (Lipinski definition) is 1. The number of nitrogens with zero attached hydrogens (tertiary/aromatic N) is 1. The Labute approximate surface area is 130 Å². The summed E-state index contributed by atoms with van der Waals surface area (Å²) in [5, 5.41) is 4.22. The first-order valence-electron chi connectivity index (χ1n) is 7.08. The fourth-order valence-corrected chi connectivity index (χ4v) is 3.11. The van der Waals surface area contributed by atoms with Gasteiger partial charge in [0, 0.05) is 17.4 Å². The molecule has 0 aliphatic rings. The lowest BCUT2D eigenvalue weighted by Crippen LogP contribution is -2.23. The number of thioether (sulfide) groups is 1. The van der Waals surface area contributed by atoms with Crippen LogP contribution in [0.1, 0.15) is 30.0 Å². The number of oxazole rings is 1. The Kier molecular flexibility index (Phi) is 5.70. The molecule has 1 atom stereocenters. The molecule has 2 aromatic rings. The second kappa shape index (κ2) is 7.52. The molecule has 0 bridgehead atoms. The molecular weight excluding hydrogens is 284 g/mol. The molecule has 0 spiro atoms. The molecule has 0 saturated carbocycles. The smallest absolute Gasteiger partial charge is 0.256 e. The summed E-state index contributed by atoms with van der Waals surface area (Å²) in [6.45, 7) is 6.90. The Morgan fingerprint density at radius 2 is 2.10 bits per heavy atom. The molecule has 0 radical (unpaired) electrons. The quantitative estimate of drug-likeness (QED) is 0.790. The lowest BCUT2D eigenvalue weighted by atomic mass is 10.1. The molecule has 114 valence electrons. The molecule has 0 fully saturated rings. The van der Waals surface area contributed by atoms with Crippen molar-refractivity contribution < 1.29 is 9.15 Å². The molecule has 0 aliphatic carbocycles. The highest BCUT2D eigenvalue weighted by Gasteiger charge is 2.17. The van der Waals surface area contributed by atoms with E-state index in [9.17, 15) is 0 Å². The number of rotatable bonds is 7. The van der Waals surface area contributed by atoms with Gasteiger partial charge in [-0.1, -0.05) is 36.9 Å². The van der Waals surface area contributed by atoms with Gasteiger partial charge in [0.25, 0.3) is 5.22 Å². The van der Waals surface area contributed by atoms with Crippen LogP contribution in [0.2, 0.25) is 0 Å². The van der Waals surface area contributed by atoms with Crippen molar-refractivity contribution in [1.29, 1.82) is 0 Å². The van der Waals surface area contributed by atoms with E-state index in [0.29, 0.717) is 0 Å². The van der Waals surface area contributed by atoms with Crippen molar-refractivity contribution in [2.75, 3.05) is 19.4 Å². The highest BCUT2D eigenvalue weighted by Crippen LogP contribution is 2.30. The van der Waals surface area contributed by atoms with Gasteiger partial charge in [-0.25, -0.2) is 4.98 Å². The third kappa shape index (κ3) is 4.02. The van der Waals surface area contributed by atoms with Gasteiger partial charge in [0.15, 0.2) is 0 Å². The number of hydrogen-bond acceptors (Lipinski definition) is 5. The summed E-state index contributed by atoms with van der Waals surface area (Å²) in [7, 11) is 1.70. The monoisotopic (exact) mass is 306 g/mol. The van der Waals surface area contributed by atoms with Crippen molar-refractivity contribution in [2.45, 2.75) is 32.0 Å². The molecule has 21 heavy (non-hydrogen) atoms. The molecule has 1 heterocycles. The summed E-state index contributed by atoms with van der Waals surface area (Å²) >= 11 is 1.62. The van der Waals surface area contributed by atoms with Crippen LogP contribution in [0.5, 0.6) is 5.75 Å². The predicted octanol–water partition coefficient (Wildman–Crippen LogP) is 3.74. The number of aromatic nitrogens is 1. The fraction of sp³-hybridized carbons (Fsp3) is 0.438. The van der Waals surface area contributed by atoms with Gasteiger partial charge in [0.1, 0.15) is 11.5 Å². The third-order valence-corrected chi connectivity index (χ3v) is 4.27. The maximum atomic E-state index is 5.63. The van der Waals surface area contributed by atoms with Crippen LogP contribution in [0.3, 0.4) is 0 Å². The SMILES string of the molecule is CCNC(CSc1nc(C)c(C)o1)c1ccccc1OC. The van der Waals surface area contributed by atoms with Gasteiger partial charge in [-0.3, -0.25) is 0 Å². The normalized spacial score (nSPS) is 12.4. The minimum atomic E-state index is 0.198. The molecule has 5 heteroatoms. The number of methoxy groups -OCH3 is 1. The molecule has 0 amide bonds. The van der Waals surface area contributed by atoms with Crippen molar-refractivity contribution >= 4 is 11.8 Å². The zero-order chi connectivity index (χ0) is 15.2. The van der Waals surface area contributed by atoms with E-state index < -0.39 is 0 Å². The summed E-state index contributed by atoms with van der Waals surface area (Å²) in [5.74, 6) is 2.63. The Morgan fingerprint density at radius 3 is 2.71 bits per heavy atom. The highest BCUT2D eigenvalue weighted by molar-refractivity contribution is 7.99. The van der Waals surface area contributed by atoms with Gasteiger partial charge >= 0.3 is 0 Å². The van der Waals surface area contributed by atoms with E-state index in [1.54, 1.807) is 18.9 Å². The van der Waals surface area contributed by atoms with Gasteiger partial charge in [0.05, 0.1) is 12.8 Å². The lowest BCUT2D eigenvalue weighted by molar-refractivity contribution is 0.402. The van der Waals surface area contributed by atoms with Crippen molar-refractivity contribution in [3.05, 3.63) is 41.3 Å². The molecule has 1 N–H and O–H groups in total. The van der Waals surface area contributed by atoms with E-state index >= 15 is 0 Å². The largest absolute Gasteiger partial charge is 0.496 e. The van der Waals surface area contributed by atoms with E-state index in [1.807, 2.05) is 32.0 Å². The Morgan fingerprint density at radius 1 is 1.33 bits per heavy atom.